The topological polar surface area (TPSA) is 53.3 Å². The van der Waals surface area contributed by atoms with E-state index in [1.807, 2.05) is 53.2 Å². The Balaban J connectivity index is 1.74. The first-order chi connectivity index (χ1) is 12.7. The van der Waals surface area contributed by atoms with Gasteiger partial charge in [-0.25, -0.2) is 4.68 Å². The summed E-state index contributed by atoms with van der Waals surface area (Å²) in [5.74, 6) is 1.66. The van der Waals surface area contributed by atoms with E-state index < -0.39 is 0 Å². The van der Waals surface area contributed by atoms with Crippen molar-refractivity contribution in [3.05, 3.63) is 71.5 Å². The van der Waals surface area contributed by atoms with Gasteiger partial charge >= 0.3 is 0 Å². The van der Waals surface area contributed by atoms with Gasteiger partial charge in [-0.1, -0.05) is 24.3 Å². The van der Waals surface area contributed by atoms with Crippen LogP contribution in [0, 0.1) is 0 Å². The Hall–Kier alpha value is -3.08. The smallest absolute Gasteiger partial charge is 0.166 e. The van der Waals surface area contributed by atoms with E-state index in [1.54, 1.807) is 20.4 Å². The van der Waals surface area contributed by atoms with E-state index in [9.17, 15) is 4.79 Å². The molecule has 0 saturated heterocycles. The molecule has 4 rings (SSSR count). The van der Waals surface area contributed by atoms with Crippen LogP contribution in [0.3, 0.4) is 0 Å². The summed E-state index contributed by atoms with van der Waals surface area (Å²) in [6, 6.07) is 15.7. The Kier molecular flexibility index (Phi) is 4.21. The second kappa shape index (κ2) is 6.67. The Morgan fingerprint density at radius 3 is 2.58 bits per heavy atom. The quantitative estimate of drug-likeness (QED) is 0.720. The SMILES string of the molecule is COc1ccc([C@@H]2CC(=O)c3cnn(-c4ccccc4)c3C2)c(OC)c1. The highest BCUT2D eigenvalue weighted by molar-refractivity contribution is 5.98. The number of para-hydroxylation sites is 1. The molecule has 0 radical (unpaired) electrons. The molecule has 0 aliphatic heterocycles. The summed E-state index contributed by atoms with van der Waals surface area (Å²) in [5.41, 5.74) is 3.66. The van der Waals surface area contributed by atoms with Crippen molar-refractivity contribution >= 4 is 5.78 Å². The van der Waals surface area contributed by atoms with Crippen LogP contribution in [0.15, 0.2) is 54.7 Å². The molecule has 0 bridgehead atoms. The van der Waals surface area contributed by atoms with Gasteiger partial charge in [0.15, 0.2) is 5.78 Å². The number of methoxy groups -OCH3 is 2. The van der Waals surface area contributed by atoms with Crippen LogP contribution < -0.4 is 9.47 Å². The molecule has 0 fully saturated rings. The van der Waals surface area contributed by atoms with E-state index in [1.165, 1.54) is 0 Å². The molecule has 5 nitrogen and oxygen atoms in total. The Morgan fingerprint density at radius 1 is 1.04 bits per heavy atom. The number of ether oxygens (including phenoxy) is 2. The predicted octanol–water partition coefficient (Wildman–Crippen LogP) is 3.80. The number of fused-ring (bicyclic) bond motifs is 1. The third-order valence-electron chi connectivity index (χ3n) is 4.92. The minimum absolute atomic E-state index is 0.0509. The summed E-state index contributed by atoms with van der Waals surface area (Å²) in [5, 5.41) is 4.46. The summed E-state index contributed by atoms with van der Waals surface area (Å²) < 4.78 is 12.7. The van der Waals surface area contributed by atoms with Gasteiger partial charge in [0.1, 0.15) is 11.5 Å². The fourth-order valence-electron chi connectivity index (χ4n) is 3.61. The molecule has 2 aromatic carbocycles. The van der Waals surface area contributed by atoms with Gasteiger partial charge < -0.3 is 9.47 Å². The second-order valence-electron chi connectivity index (χ2n) is 6.39. The highest BCUT2D eigenvalue weighted by Gasteiger charge is 2.31. The third kappa shape index (κ3) is 2.75. The van der Waals surface area contributed by atoms with Crippen LogP contribution in [0.5, 0.6) is 11.5 Å². The summed E-state index contributed by atoms with van der Waals surface area (Å²) >= 11 is 0. The molecule has 5 heteroatoms. The van der Waals surface area contributed by atoms with E-state index in [4.69, 9.17) is 9.47 Å². The van der Waals surface area contributed by atoms with Crippen LogP contribution in [0.4, 0.5) is 0 Å². The summed E-state index contributed by atoms with van der Waals surface area (Å²) in [6.45, 7) is 0. The number of aromatic nitrogens is 2. The number of carbonyl (C=O) groups excluding carboxylic acids is 1. The lowest BCUT2D eigenvalue weighted by atomic mass is 9.82. The van der Waals surface area contributed by atoms with Gasteiger partial charge in [0.2, 0.25) is 0 Å². The highest BCUT2D eigenvalue weighted by atomic mass is 16.5. The predicted molar refractivity (Wildman–Crippen MR) is 98.5 cm³/mol. The van der Waals surface area contributed by atoms with Crippen molar-refractivity contribution in [3.8, 4) is 17.2 Å². The maximum Gasteiger partial charge on any atom is 0.166 e. The van der Waals surface area contributed by atoms with Gasteiger partial charge in [-0.2, -0.15) is 5.10 Å². The minimum Gasteiger partial charge on any atom is -0.497 e. The molecule has 1 aliphatic rings. The molecule has 1 aromatic heterocycles. The third-order valence-corrected chi connectivity index (χ3v) is 4.92. The first kappa shape index (κ1) is 16.4. The lowest BCUT2D eigenvalue weighted by Gasteiger charge is -2.24. The largest absolute Gasteiger partial charge is 0.497 e. The average molecular weight is 348 g/mol. The summed E-state index contributed by atoms with van der Waals surface area (Å²) in [6.07, 6.45) is 2.88. The highest BCUT2D eigenvalue weighted by Crippen LogP contribution is 2.39. The van der Waals surface area contributed by atoms with Crippen molar-refractivity contribution in [1.29, 1.82) is 0 Å². The molecule has 1 aliphatic carbocycles. The fraction of sp³-hybridized carbons (Fsp3) is 0.238. The van der Waals surface area contributed by atoms with E-state index in [0.717, 1.165) is 40.4 Å². The Bertz CT molecular complexity index is 947. The number of hydrogen-bond acceptors (Lipinski definition) is 4. The zero-order valence-electron chi connectivity index (χ0n) is 14.8. The maximum absolute atomic E-state index is 12.7. The molecule has 26 heavy (non-hydrogen) atoms. The Labute approximate surface area is 152 Å². The van der Waals surface area contributed by atoms with E-state index >= 15 is 0 Å². The first-order valence-corrected chi connectivity index (χ1v) is 8.58. The average Bonchev–Trinajstić information content (AvgIpc) is 3.12. The molecule has 1 atom stereocenters. The van der Waals surface area contributed by atoms with E-state index in [0.29, 0.717) is 6.42 Å². The van der Waals surface area contributed by atoms with Crippen LogP contribution in [-0.2, 0) is 6.42 Å². The molecular weight excluding hydrogens is 328 g/mol. The van der Waals surface area contributed by atoms with E-state index in [2.05, 4.69) is 5.10 Å². The molecule has 0 amide bonds. The number of ketones is 1. The van der Waals surface area contributed by atoms with Gasteiger partial charge in [-0.15, -0.1) is 0 Å². The molecule has 132 valence electrons. The van der Waals surface area contributed by atoms with Gasteiger partial charge in [0.25, 0.3) is 0 Å². The van der Waals surface area contributed by atoms with Crippen LogP contribution >= 0.6 is 0 Å². The van der Waals surface area contributed by atoms with Crippen molar-refractivity contribution in [2.45, 2.75) is 18.8 Å². The van der Waals surface area contributed by atoms with Gasteiger partial charge in [-0.05, 0) is 30.2 Å². The molecular formula is C21H20N2O3. The molecule has 0 saturated carbocycles. The second-order valence-corrected chi connectivity index (χ2v) is 6.39. The maximum atomic E-state index is 12.7. The van der Waals surface area contributed by atoms with Crippen molar-refractivity contribution < 1.29 is 14.3 Å². The minimum atomic E-state index is 0.0509. The van der Waals surface area contributed by atoms with Gasteiger partial charge in [0.05, 0.1) is 37.4 Å². The van der Waals surface area contributed by atoms with Crippen LogP contribution in [0.1, 0.15) is 34.0 Å². The number of rotatable bonds is 4. The molecule has 0 spiro atoms. The fourth-order valence-corrected chi connectivity index (χ4v) is 3.61. The van der Waals surface area contributed by atoms with Gasteiger partial charge in [-0.3, -0.25) is 4.79 Å². The van der Waals surface area contributed by atoms with Crippen molar-refractivity contribution in [3.63, 3.8) is 0 Å². The number of Topliss-reactive ketones (excluding diaryl/α,β-unsaturated/α-hetero) is 1. The summed E-state index contributed by atoms with van der Waals surface area (Å²) in [4.78, 5) is 12.7. The van der Waals surface area contributed by atoms with Crippen molar-refractivity contribution in [1.82, 2.24) is 9.78 Å². The number of benzene rings is 2. The lowest BCUT2D eigenvalue weighted by Crippen LogP contribution is -2.20. The van der Waals surface area contributed by atoms with Crippen molar-refractivity contribution in [2.75, 3.05) is 14.2 Å². The van der Waals surface area contributed by atoms with Crippen LogP contribution in [0.2, 0.25) is 0 Å². The standard InChI is InChI=1S/C21H20N2O3/c1-25-16-8-9-17(21(12-16)26-2)14-10-19-18(20(24)11-14)13-22-23(19)15-6-4-3-5-7-15/h3-9,12-14H,10-11H2,1-2H3/t14-/m0/s1. The first-order valence-electron chi connectivity index (χ1n) is 8.58. The number of nitrogens with zero attached hydrogens (tertiary/aromatic N) is 2. The number of carbonyl (C=O) groups is 1. The zero-order valence-corrected chi connectivity index (χ0v) is 14.8. The molecule has 3 aromatic rings. The summed E-state index contributed by atoms with van der Waals surface area (Å²) in [7, 11) is 3.27. The van der Waals surface area contributed by atoms with Crippen molar-refractivity contribution in [2.24, 2.45) is 0 Å². The lowest BCUT2D eigenvalue weighted by molar-refractivity contribution is 0.0963. The Morgan fingerprint density at radius 2 is 1.85 bits per heavy atom. The monoisotopic (exact) mass is 348 g/mol. The van der Waals surface area contributed by atoms with Crippen LogP contribution in [-0.4, -0.2) is 29.8 Å². The zero-order chi connectivity index (χ0) is 18.1. The van der Waals surface area contributed by atoms with Gasteiger partial charge in [0, 0.05) is 18.4 Å². The molecule has 0 unspecified atom stereocenters. The number of hydrogen-bond donors (Lipinski definition) is 0. The molecule has 1 heterocycles. The van der Waals surface area contributed by atoms with Crippen LogP contribution in [0.25, 0.3) is 5.69 Å². The van der Waals surface area contributed by atoms with E-state index in [-0.39, 0.29) is 11.7 Å². The molecule has 0 N–H and O–H groups in total. The normalized spacial score (nSPS) is 16.2.